The number of nitrogens with zero attached hydrogens (tertiary/aromatic N) is 1. The van der Waals surface area contributed by atoms with E-state index in [4.69, 9.17) is 0 Å². The van der Waals surface area contributed by atoms with Gasteiger partial charge in [0, 0.05) is 6.54 Å². The third kappa shape index (κ3) is 2.97. The predicted octanol–water partition coefficient (Wildman–Crippen LogP) is 1.93. The fraction of sp³-hybridized carbons (Fsp3) is 0.923. The fourth-order valence-electron chi connectivity index (χ4n) is 2.72. The molecule has 0 radical (unpaired) electrons. The van der Waals surface area contributed by atoms with Gasteiger partial charge in [-0.25, -0.2) is 0 Å². The van der Waals surface area contributed by atoms with Gasteiger partial charge in [0.15, 0.2) is 0 Å². The zero-order valence-corrected chi connectivity index (χ0v) is 11.9. The number of hydrogen-bond acceptors (Lipinski definition) is 3. The molecule has 0 saturated carbocycles. The van der Waals surface area contributed by atoms with Crippen LogP contribution < -0.4 is 5.32 Å². The first-order valence-corrected chi connectivity index (χ1v) is 7.89. The molecule has 17 heavy (non-hydrogen) atoms. The van der Waals surface area contributed by atoms with Crippen molar-refractivity contribution in [1.82, 2.24) is 10.2 Å². The van der Waals surface area contributed by atoms with Crippen LogP contribution in [-0.4, -0.2) is 41.1 Å². The number of carbonyl (C=O) groups is 1. The van der Waals surface area contributed by atoms with Crippen LogP contribution in [0.4, 0.5) is 0 Å². The Morgan fingerprint density at radius 3 is 2.59 bits per heavy atom. The maximum Gasteiger partial charge on any atom is 0.241 e. The Morgan fingerprint density at radius 2 is 2.06 bits per heavy atom. The van der Waals surface area contributed by atoms with E-state index in [1.807, 2.05) is 11.8 Å². The van der Waals surface area contributed by atoms with E-state index < -0.39 is 0 Å². The molecular formula is C13H24N2OS. The highest BCUT2D eigenvalue weighted by Crippen LogP contribution is 2.26. The molecule has 0 aromatic rings. The van der Waals surface area contributed by atoms with Crippen LogP contribution in [0.1, 0.15) is 33.6 Å². The summed E-state index contributed by atoms with van der Waals surface area (Å²) in [6, 6.07) is 0.0305. The molecule has 2 atom stereocenters. The number of hydrogen-bond donors (Lipinski definition) is 1. The molecule has 1 amide bonds. The van der Waals surface area contributed by atoms with Crippen molar-refractivity contribution in [1.29, 1.82) is 0 Å². The lowest BCUT2D eigenvalue weighted by Crippen LogP contribution is -2.39. The van der Waals surface area contributed by atoms with Gasteiger partial charge < -0.3 is 4.90 Å². The summed E-state index contributed by atoms with van der Waals surface area (Å²) in [5, 5.41) is 3.41. The molecule has 2 rings (SSSR count). The van der Waals surface area contributed by atoms with Crippen molar-refractivity contribution in [3.63, 3.8) is 0 Å². The minimum absolute atomic E-state index is 0.0305. The molecule has 0 bridgehead atoms. The van der Waals surface area contributed by atoms with Crippen LogP contribution in [0.2, 0.25) is 0 Å². The molecule has 98 valence electrons. The number of carbonyl (C=O) groups excluding carboxylic acids is 1. The molecule has 3 nitrogen and oxygen atoms in total. The second-order valence-electron chi connectivity index (χ2n) is 5.61. The Hall–Kier alpha value is -0.220. The van der Waals surface area contributed by atoms with E-state index in [-0.39, 0.29) is 12.2 Å². The molecule has 2 fully saturated rings. The van der Waals surface area contributed by atoms with Crippen molar-refractivity contribution in [3.05, 3.63) is 0 Å². The van der Waals surface area contributed by atoms with Crippen LogP contribution >= 0.6 is 11.8 Å². The molecule has 2 aliphatic heterocycles. The van der Waals surface area contributed by atoms with E-state index in [0.29, 0.717) is 11.8 Å². The van der Waals surface area contributed by atoms with Crippen LogP contribution in [0.25, 0.3) is 0 Å². The third-order valence-electron chi connectivity index (χ3n) is 3.90. The average Bonchev–Trinajstić information content (AvgIpc) is 2.58. The van der Waals surface area contributed by atoms with Crippen molar-refractivity contribution in [2.24, 2.45) is 11.8 Å². The van der Waals surface area contributed by atoms with Crippen LogP contribution in [0.5, 0.6) is 0 Å². The Balaban J connectivity index is 1.93. The maximum atomic E-state index is 12.3. The van der Waals surface area contributed by atoms with Crippen molar-refractivity contribution in [2.75, 3.05) is 18.1 Å². The van der Waals surface area contributed by atoms with Crippen molar-refractivity contribution < 1.29 is 4.79 Å². The van der Waals surface area contributed by atoms with Gasteiger partial charge in [-0.2, -0.15) is 11.8 Å². The van der Waals surface area contributed by atoms with Crippen molar-refractivity contribution >= 4 is 17.7 Å². The van der Waals surface area contributed by atoms with Crippen LogP contribution in [0, 0.1) is 11.8 Å². The smallest absolute Gasteiger partial charge is 0.241 e. The van der Waals surface area contributed by atoms with Gasteiger partial charge in [0.25, 0.3) is 0 Å². The van der Waals surface area contributed by atoms with Crippen molar-refractivity contribution in [3.8, 4) is 0 Å². The number of amides is 1. The highest BCUT2D eigenvalue weighted by molar-refractivity contribution is 7.99. The number of rotatable bonds is 3. The third-order valence-corrected chi connectivity index (χ3v) is 4.95. The second-order valence-corrected chi connectivity index (χ2v) is 6.84. The molecule has 4 heteroatoms. The molecule has 0 aromatic carbocycles. The minimum atomic E-state index is 0.0305. The van der Waals surface area contributed by atoms with E-state index in [1.165, 1.54) is 24.3 Å². The SMILES string of the molecule is CC(C)C1NC(C)N(CC2CCSCC2)C1=O. The largest absolute Gasteiger partial charge is 0.326 e. The molecule has 2 heterocycles. The van der Waals surface area contributed by atoms with Crippen LogP contribution in [-0.2, 0) is 4.79 Å². The summed E-state index contributed by atoms with van der Waals surface area (Å²) in [4.78, 5) is 14.4. The highest BCUT2D eigenvalue weighted by Gasteiger charge is 2.38. The molecule has 1 N–H and O–H groups in total. The standard InChI is InChI=1S/C13H24N2OS/c1-9(2)12-13(16)15(10(3)14-12)8-11-4-6-17-7-5-11/h9-12,14H,4-8H2,1-3H3. The first-order valence-electron chi connectivity index (χ1n) is 6.74. The van der Waals surface area contributed by atoms with Crippen molar-refractivity contribution in [2.45, 2.75) is 45.8 Å². The van der Waals surface area contributed by atoms with E-state index in [1.54, 1.807) is 0 Å². The van der Waals surface area contributed by atoms with Gasteiger partial charge in [0.2, 0.25) is 5.91 Å². The monoisotopic (exact) mass is 256 g/mol. The average molecular weight is 256 g/mol. The van der Waals surface area contributed by atoms with E-state index in [9.17, 15) is 4.79 Å². The topological polar surface area (TPSA) is 32.3 Å². The fourth-order valence-corrected chi connectivity index (χ4v) is 3.93. The second kappa shape index (κ2) is 5.61. The molecule has 2 unspecified atom stereocenters. The maximum absolute atomic E-state index is 12.3. The Labute approximate surface area is 109 Å². The van der Waals surface area contributed by atoms with E-state index >= 15 is 0 Å². The summed E-state index contributed by atoms with van der Waals surface area (Å²) >= 11 is 2.04. The Kier molecular flexibility index (Phi) is 4.36. The molecule has 0 aromatic heterocycles. The van der Waals surface area contributed by atoms with E-state index in [0.717, 1.165) is 12.5 Å². The number of thioether (sulfide) groups is 1. The first kappa shape index (κ1) is 13.2. The normalized spacial score (nSPS) is 31.5. The Morgan fingerprint density at radius 1 is 1.41 bits per heavy atom. The zero-order valence-electron chi connectivity index (χ0n) is 11.1. The van der Waals surface area contributed by atoms with E-state index in [2.05, 4.69) is 31.0 Å². The number of nitrogens with one attached hydrogen (secondary N) is 1. The molecule has 2 aliphatic rings. The van der Waals surface area contributed by atoms with Gasteiger partial charge in [-0.1, -0.05) is 13.8 Å². The van der Waals surface area contributed by atoms with Gasteiger partial charge in [-0.05, 0) is 43.1 Å². The summed E-state index contributed by atoms with van der Waals surface area (Å²) in [5.41, 5.74) is 0. The summed E-state index contributed by atoms with van der Waals surface area (Å²) in [6.45, 7) is 7.29. The lowest BCUT2D eigenvalue weighted by Gasteiger charge is -2.29. The summed E-state index contributed by atoms with van der Waals surface area (Å²) < 4.78 is 0. The van der Waals surface area contributed by atoms with Gasteiger partial charge in [0.05, 0.1) is 12.2 Å². The molecule has 0 aliphatic carbocycles. The van der Waals surface area contributed by atoms with Crippen LogP contribution in [0.15, 0.2) is 0 Å². The minimum Gasteiger partial charge on any atom is -0.326 e. The zero-order chi connectivity index (χ0) is 12.4. The van der Waals surface area contributed by atoms with Crippen LogP contribution in [0.3, 0.4) is 0 Å². The summed E-state index contributed by atoms with van der Waals surface area (Å²) in [5.74, 6) is 3.95. The quantitative estimate of drug-likeness (QED) is 0.837. The van der Waals surface area contributed by atoms with Gasteiger partial charge >= 0.3 is 0 Å². The van der Waals surface area contributed by atoms with Gasteiger partial charge in [-0.15, -0.1) is 0 Å². The Bertz CT molecular complexity index is 277. The summed E-state index contributed by atoms with van der Waals surface area (Å²) in [6.07, 6.45) is 2.76. The van der Waals surface area contributed by atoms with Gasteiger partial charge in [-0.3, -0.25) is 10.1 Å². The molecule has 2 saturated heterocycles. The van der Waals surface area contributed by atoms with Gasteiger partial charge in [0.1, 0.15) is 0 Å². The summed E-state index contributed by atoms with van der Waals surface area (Å²) in [7, 11) is 0. The predicted molar refractivity (Wildman–Crippen MR) is 73.0 cm³/mol. The first-order chi connectivity index (χ1) is 8.09. The lowest BCUT2D eigenvalue weighted by molar-refractivity contribution is -0.131. The highest BCUT2D eigenvalue weighted by atomic mass is 32.2. The molecule has 0 spiro atoms. The molecular weight excluding hydrogens is 232 g/mol. The lowest BCUT2D eigenvalue weighted by atomic mass is 10.0.